The van der Waals surface area contributed by atoms with E-state index in [2.05, 4.69) is 10.3 Å². The molecule has 4 heteroatoms. The summed E-state index contributed by atoms with van der Waals surface area (Å²) >= 11 is 0. The monoisotopic (exact) mass is 208 g/mol. The molecular weight excluding hydrogens is 192 g/mol. The van der Waals surface area contributed by atoms with Crippen molar-refractivity contribution in [1.29, 1.82) is 0 Å². The number of nitrogens with zero attached hydrogens (tertiary/aromatic N) is 1. The van der Waals surface area contributed by atoms with Gasteiger partial charge in [-0.25, -0.2) is 4.98 Å². The minimum absolute atomic E-state index is 0.606. The van der Waals surface area contributed by atoms with Crippen LogP contribution in [0.3, 0.4) is 0 Å². The highest BCUT2D eigenvalue weighted by atomic mass is 16.5. The lowest BCUT2D eigenvalue weighted by atomic mass is 10.1. The van der Waals surface area contributed by atoms with E-state index in [0.29, 0.717) is 11.8 Å². The molecule has 1 aliphatic rings. The van der Waals surface area contributed by atoms with Crippen LogP contribution in [-0.2, 0) is 4.74 Å². The van der Waals surface area contributed by atoms with Crippen LogP contribution in [0.4, 0.5) is 5.69 Å². The number of anilines is 1. The van der Waals surface area contributed by atoms with E-state index in [4.69, 9.17) is 9.47 Å². The molecule has 1 unspecified atom stereocenters. The summed E-state index contributed by atoms with van der Waals surface area (Å²) in [7, 11) is 1.63. The summed E-state index contributed by atoms with van der Waals surface area (Å²) in [4.78, 5) is 4.13. The van der Waals surface area contributed by atoms with Gasteiger partial charge in [0.2, 0.25) is 5.88 Å². The van der Waals surface area contributed by atoms with Crippen molar-refractivity contribution in [3.63, 3.8) is 0 Å². The molecule has 1 N–H and O–H groups in total. The molecule has 2 heterocycles. The third-order valence-corrected chi connectivity index (χ3v) is 2.57. The van der Waals surface area contributed by atoms with Gasteiger partial charge in [-0.3, -0.25) is 0 Å². The highest BCUT2D eigenvalue weighted by Gasteiger charge is 2.15. The second-order valence-electron chi connectivity index (χ2n) is 3.67. The third kappa shape index (κ3) is 2.59. The predicted octanol–water partition coefficient (Wildman–Crippen LogP) is 1.54. The molecule has 4 nitrogen and oxygen atoms in total. The molecule has 0 saturated carbocycles. The Labute approximate surface area is 89.6 Å². The fourth-order valence-electron chi connectivity index (χ4n) is 1.69. The number of rotatable bonds is 4. The molecule has 0 radical (unpaired) electrons. The fraction of sp³-hybridized carbons (Fsp3) is 0.545. The van der Waals surface area contributed by atoms with Crippen molar-refractivity contribution in [3.05, 3.63) is 18.3 Å². The van der Waals surface area contributed by atoms with Gasteiger partial charge in [0.05, 0.1) is 19.4 Å². The van der Waals surface area contributed by atoms with Gasteiger partial charge in [0.15, 0.2) is 0 Å². The van der Waals surface area contributed by atoms with Crippen LogP contribution in [0.5, 0.6) is 5.88 Å². The molecule has 1 aromatic heterocycles. The standard InChI is InChI=1S/C11H16N2O2/c1-14-11-10(3-2-5-12-11)13-7-9-4-6-15-8-9/h2-3,5,9,13H,4,6-8H2,1H3. The summed E-state index contributed by atoms with van der Waals surface area (Å²) in [5, 5.41) is 3.34. The molecule has 1 aromatic rings. The van der Waals surface area contributed by atoms with Crippen molar-refractivity contribution in [2.24, 2.45) is 5.92 Å². The number of hydrogen-bond acceptors (Lipinski definition) is 4. The Morgan fingerprint density at radius 1 is 1.67 bits per heavy atom. The first-order valence-corrected chi connectivity index (χ1v) is 5.21. The molecule has 1 fully saturated rings. The van der Waals surface area contributed by atoms with Gasteiger partial charge in [-0.05, 0) is 18.6 Å². The summed E-state index contributed by atoms with van der Waals surface area (Å²) in [6.45, 7) is 2.66. The Balaban J connectivity index is 1.91. The lowest BCUT2D eigenvalue weighted by molar-refractivity contribution is 0.187. The normalized spacial score (nSPS) is 20.2. The third-order valence-electron chi connectivity index (χ3n) is 2.57. The number of hydrogen-bond donors (Lipinski definition) is 1. The van der Waals surface area contributed by atoms with Crippen LogP contribution in [0.1, 0.15) is 6.42 Å². The molecular formula is C11H16N2O2. The minimum atomic E-state index is 0.606. The maximum atomic E-state index is 5.32. The molecule has 0 aromatic carbocycles. The van der Waals surface area contributed by atoms with E-state index in [1.54, 1.807) is 13.3 Å². The topological polar surface area (TPSA) is 43.4 Å². The zero-order valence-corrected chi connectivity index (χ0v) is 8.90. The molecule has 0 bridgehead atoms. The summed E-state index contributed by atoms with van der Waals surface area (Å²) in [5.74, 6) is 1.26. The SMILES string of the molecule is COc1ncccc1NCC1CCOC1. The number of nitrogens with one attached hydrogen (secondary N) is 1. The molecule has 2 rings (SSSR count). The Morgan fingerprint density at radius 2 is 2.60 bits per heavy atom. The maximum Gasteiger partial charge on any atom is 0.237 e. The highest BCUT2D eigenvalue weighted by Crippen LogP contribution is 2.21. The van der Waals surface area contributed by atoms with Gasteiger partial charge in [-0.15, -0.1) is 0 Å². The summed E-state index contributed by atoms with van der Waals surface area (Å²) < 4.78 is 10.5. The van der Waals surface area contributed by atoms with E-state index in [-0.39, 0.29) is 0 Å². The van der Waals surface area contributed by atoms with Crippen molar-refractivity contribution in [2.75, 3.05) is 32.2 Å². The van der Waals surface area contributed by atoms with E-state index >= 15 is 0 Å². The Bertz CT molecular complexity index is 311. The van der Waals surface area contributed by atoms with Crippen LogP contribution in [0.25, 0.3) is 0 Å². The van der Waals surface area contributed by atoms with Crippen LogP contribution in [0.15, 0.2) is 18.3 Å². The lowest BCUT2D eigenvalue weighted by Crippen LogP contribution is -2.14. The van der Waals surface area contributed by atoms with E-state index in [9.17, 15) is 0 Å². The Hall–Kier alpha value is -1.29. The number of pyridine rings is 1. The molecule has 0 aliphatic carbocycles. The summed E-state index contributed by atoms with van der Waals surface area (Å²) in [5.41, 5.74) is 0.951. The quantitative estimate of drug-likeness (QED) is 0.815. The van der Waals surface area contributed by atoms with Crippen molar-refractivity contribution < 1.29 is 9.47 Å². The van der Waals surface area contributed by atoms with Crippen LogP contribution >= 0.6 is 0 Å². The van der Waals surface area contributed by atoms with Gasteiger partial charge >= 0.3 is 0 Å². The van der Waals surface area contributed by atoms with Gasteiger partial charge in [0.1, 0.15) is 0 Å². The average Bonchev–Trinajstić information content (AvgIpc) is 2.79. The van der Waals surface area contributed by atoms with Gasteiger partial charge in [0.25, 0.3) is 0 Å². The summed E-state index contributed by atoms with van der Waals surface area (Å²) in [6, 6.07) is 3.87. The first-order chi connectivity index (χ1) is 7.40. The second-order valence-corrected chi connectivity index (χ2v) is 3.67. The van der Waals surface area contributed by atoms with Crippen LogP contribution in [0.2, 0.25) is 0 Å². The molecule has 0 spiro atoms. The molecule has 1 atom stereocenters. The zero-order valence-electron chi connectivity index (χ0n) is 8.90. The molecule has 0 amide bonds. The zero-order chi connectivity index (χ0) is 10.5. The first kappa shape index (κ1) is 10.2. The lowest BCUT2D eigenvalue weighted by Gasteiger charge is -2.12. The van der Waals surface area contributed by atoms with Crippen LogP contribution in [-0.4, -0.2) is 31.9 Å². The molecule has 1 saturated heterocycles. The number of ether oxygens (including phenoxy) is 2. The van der Waals surface area contributed by atoms with E-state index in [1.165, 1.54) is 0 Å². The predicted molar refractivity (Wildman–Crippen MR) is 58.2 cm³/mol. The van der Waals surface area contributed by atoms with Crippen molar-refractivity contribution in [2.45, 2.75) is 6.42 Å². The molecule has 82 valence electrons. The van der Waals surface area contributed by atoms with E-state index in [1.807, 2.05) is 12.1 Å². The minimum Gasteiger partial charge on any atom is -0.480 e. The van der Waals surface area contributed by atoms with E-state index in [0.717, 1.165) is 31.9 Å². The van der Waals surface area contributed by atoms with Gasteiger partial charge < -0.3 is 14.8 Å². The van der Waals surface area contributed by atoms with Crippen LogP contribution in [0, 0.1) is 5.92 Å². The maximum absolute atomic E-state index is 5.32. The van der Waals surface area contributed by atoms with Crippen molar-refractivity contribution in [1.82, 2.24) is 4.98 Å². The van der Waals surface area contributed by atoms with E-state index < -0.39 is 0 Å². The van der Waals surface area contributed by atoms with Crippen LogP contribution < -0.4 is 10.1 Å². The van der Waals surface area contributed by atoms with Crippen molar-refractivity contribution in [3.8, 4) is 5.88 Å². The smallest absolute Gasteiger partial charge is 0.237 e. The average molecular weight is 208 g/mol. The molecule has 1 aliphatic heterocycles. The highest BCUT2D eigenvalue weighted by molar-refractivity contribution is 5.51. The fourth-order valence-corrected chi connectivity index (χ4v) is 1.69. The first-order valence-electron chi connectivity index (χ1n) is 5.21. The largest absolute Gasteiger partial charge is 0.480 e. The Kier molecular flexibility index (Phi) is 3.40. The summed E-state index contributed by atoms with van der Waals surface area (Å²) in [6.07, 6.45) is 2.86. The number of methoxy groups -OCH3 is 1. The Morgan fingerprint density at radius 3 is 3.33 bits per heavy atom. The van der Waals surface area contributed by atoms with Gasteiger partial charge in [-0.1, -0.05) is 0 Å². The van der Waals surface area contributed by atoms with Crippen molar-refractivity contribution >= 4 is 5.69 Å². The number of aromatic nitrogens is 1. The van der Waals surface area contributed by atoms with Gasteiger partial charge in [0, 0.05) is 25.3 Å². The van der Waals surface area contributed by atoms with Gasteiger partial charge in [-0.2, -0.15) is 0 Å². The molecule has 15 heavy (non-hydrogen) atoms. The second kappa shape index (κ2) is 4.98.